The van der Waals surface area contributed by atoms with Gasteiger partial charge in [0, 0.05) is 19.8 Å². The molecule has 1 heterocycles. The van der Waals surface area contributed by atoms with Gasteiger partial charge < -0.3 is 18.9 Å². The summed E-state index contributed by atoms with van der Waals surface area (Å²) in [5, 5.41) is 0. The highest BCUT2D eigenvalue weighted by Crippen LogP contribution is 2.24. The lowest BCUT2D eigenvalue weighted by Gasteiger charge is -2.41. The van der Waals surface area contributed by atoms with Crippen molar-refractivity contribution in [2.45, 2.75) is 90.6 Å². The Morgan fingerprint density at radius 3 is 1.82 bits per heavy atom. The van der Waals surface area contributed by atoms with Crippen LogP contribution in [-0.4, -0.2) is 50.8 Å². The van der Waals surface area contributed by atoms with Gasteiger partial charge in [0.05, 0.1) is 12.7 Å². The molecule has 1 fully saturated rings. The van der Waals surface area contributed by atoms with Crippen LogP contribution in [0.4, 0.5) is 0 Å². The van der Waals surface area contributed by atoms with Gasteiger partial charge in [0.1, 0.15) is 18.3 Å². The molecule has 0 aromatic heterocycles. The third-order valence-electron chi connectivity index (χ3n) is 4.12. The minimum atomic E-state index is -0.0243. The summed E-state index contributed by atoms with van der Waals surface area (Å²) < 4.78 is 24.1. The Balaban J connectivity index is 2.59. The highest BCUT2D eigenvalue weighted by atomic mass is 16.6. The van der Waals surface area contributed by atoms with Crippen molar-refractivity contribution in [3.8, 4) is 0 Å². The third-order valence-corrected chi connectivity index (χ3v) is 4.12. The van der Waals surface area contributed by atoms with E-state index in [4.69, 9.17) is 18.9 Å². The molecule has 1 aliphatic heterocycles. The van der Waals surface area contributed by atoms with Crippen LogP contribution in [0.3, 0.4) is 0 Å². The van der Waals surface area contributed by atoms with Gasteiger partial charge in [-0.3, -0.25) is 0 Å². The van der Waals surface area contributed by atoms with Crippen LogP contribution >= 0.6 is 0 Å². The summed E-state index contributed by atoms with van der Waals surface area (Å²) in [7, 11) is 0. The van der Waals surface area contributed by atoms with Crippen LogP contribution in [0.2, 0.25) is 0 Å². The maximum Gasteiger partial charge on any atom is 0.115 e. The van der Waals surface area contributed by atoms with Gasteiger partial charge >= 0.3 is 0 Å². The molecular weight excluding hydrogens is 280 g/mol. The van der Waals surface area contributed by atoms with Gasteiger partial charge in [-0.15, -0.1) is 0 Å². The molecule has 0 aromatic rings. The molecule has 0 saturated carbocycles. The van der Waals surface area contributed by atoms with Crippen molar-refractivity contribution in [1.29, 1.82) is 0 Å². The standard InChI is InChI=1S/C18H36O4/c1-5-8-11-19-16-14-22-15(4)17(20-12-9-6-2)18(16)21-13-10-7-3/h15-18H,5-14H2,1-4H3/t15?,16?,17-,18?/m1/s1. The first-order chi connectivity index (χ1) is 10.7. The third kappa shape index (κ3) is 6.95. The zero-order valence-electron chi connectivity index (χ0n) is 15.0. The fraction of sp³-hybridized carbons (Fsp3) is 1.00. The largest absolute Gasteiger partial charge is 0.373 e. The van der Waals surface area contributed by atoms with Crippen molar-refractivity contribution in [2.24, 2.45) is 0 Å². The number of unbranched alkanes of at least 4 members (excludes halogenated alkanes) is 3. The maximum absolute atomic E-state index is 6.15. The molecule has 0 aliphatic carbocycles. The lowest BCUT2D eigenvalue weighted by molar-refractivity contribution is -0.226. The molecule has 4 heteroatoms. The van der Waals surface area contributed by atoms with E-state index in [1.807, 2.05) is 0 Å². The van der Waals surface area contributed by atoms with Crippen molar-refractivity contribution in [1.82, 2.24) is 0 Å². The number of rotatable bonds is 12. The second-order valence-corrected chi connectivity index (χ2v) is 6.18. The monoisotopic (exact) mass is 316 g/mol. The molecule has 0 radical (unpaired) electrons. The highest BCUT2D eigenvalue weighted by molar-refractivity contribution is 4.88. The summed E-state index contributed by atoms with van der Waals surface area (Å²) in [6.45, 7) is 11.5. The zero-order chi connectivity index (χ0) is 16.2. The zero-order valence-corrected chi connectivity index (χ0v) is 15.0. The summed E-state index contributed by atoms with van der Waals surface area (Å²) in [5.74, 6) is 0. The van der Waals surface area contributed by atoms with Crippen LogP contribution < -0.4 is 0 Å². The first kappa shape index (κ1) is 19.9. The molecule has 4 atom stereocenters. The lowest BCUT2D eigenvalue weighted by atomic mass is 10.00. The summed E-state index contributed by atoms with van der Waals surface area (Å²) >= 11 is 0. The molecule has 0 aromatic carbocycles. The van der Waals surface area contributed by atoms with Crippen molar-refractivity contribution in [3.63, 3.8) is 0 Å². The van der Waals surface area contributed by atoms with Crippen molar-refractivity contribution >= 4 is 0 Å². The molecule has 4 nitrogen and oxygen atoms in total. The Labute approximate surface area is 136 Å². The minimum Gasteiger partial charge on any atom is -0.373 e. The fourth-order valence-electron chi connectivity index (χ4n) is 2.60. The van der Waals surface area contributed by atoms with E-state index < -0.39 is 0 Å². The van der Waals surface area contributed by atoms with Crippen LogP contribution in [0.1, 0.15) is 66.2 Å². The number of hydrogen-bond acceptors (Lipinski definition) is 4. The SMILES string of the molecule is CCCCOC1COC(C)[C@@H](OCCCC)C1OCCCC. The first-order valence-electron chi connectivity index (χ1n) is 9.20. The van der Waals surface area contributed by atoms with E-state index in [2.05, 4.69) is 27.7 Å². The van der Waals surface area contributed by atoms with E-state index in [1.165, 1.54) is 0 Å². The summed E-state index contributed by atoms with van der Waals surface area (Å²) in [4.78, 5) is 0. The topological polar surface area (TPSA) is 36.9 Å². The second kappa shape index (κ2) is 12.3. The predicted molar refractivity (Wildman–Crippen MR) is 89.4 cm³/mol. The van der Waals surface area contributed by atoms with Gasteiger partial charge in [-0.05, 0) is 26.2 Å². The van der Waals surface area contributed by atoms with E-state index in [0.717, 1.165) is 58.3 Å². The van der Waals surface area contributed by atoms with Gasteiger partial charge in [0.25, 0.3) is 0 Å². The average Bonchev–Trinajstić information content (AvgIpc) is 2.52. The van der Waals surface area contributed by atoms with E-state index in [9.17, 15) is 0 Å². The van der Waals surface area contributed by atoms with Crippen LogP contribution in [0.25, 0.3) is 0 Å². The maximum atomic E-state index is 6.15. The highest BCUT2D eigenvalue weighted by Gasteiger charge is 2.40. The van der Waals surface area contributed by atoms with Gasteiger partial charge in [-0.25, -0.2) is 0 Å². The minimum absolute atomic E-state index is 0.00812. The Hall–Kier alpha value is -0.160. The Bertz CT molecular complexity index is 259. The number of ether oxygens (including phenoxy) is 4. The summed E-state index contributed by atoms with van der Waals surface area (Å²) in [5.41, 5.74) is 0. The lowest BCUT2D eigenvalue weighted by Crippen LogP contribution is -2.55. The Morgan fingerprint density at radius 1 is 0.773 bits per heavy atom. The second-order valence-electron chi connectivity index (χ2n) is 6.18. The van der Waals surface area contributed by atoms with Crippen LogP contribution in [0.5, 0.6) is 0 Å². The van der Waals surface area contributed by atoms with E-state index >= 15 is 0 Å². The van der Waals surface area contributed by atoms with Crippen LogP contribution in [0.15, 0.2) is 0 Å². The molecule has 22 heavy (non-hydrogen) atoms. The summed E-state index contributed by atoms with van der Waals surface area (Å²) in [6.07, 6.45) is 6.67. The normalized spacial score (nSPS) is 28.9. The molecule has 0 N–H and O–H groups in total. The average molecular weight is 316 g/mol. The van der Waals surface area contributed by atoms with Crippen LogP contribution in [-0.2, 0) is 18.9 Å². The van der Waals surface area contributed by atoms with Gasteiger partial charge in [0.2, 0.25) is 0 Å². The van der Waals surface area contributed by atoms with Gasteiger partial charge in [0.15, 0.2) is 0 Å². The molecule has 1 saturated heterocycles. The van der Waals surface area contributed by atoms with Crippen molar-refractivity contribution in [2.75, 3.05) is 26.4 Å². The molecule has 3 unspecified atom stereocenters. The van der Waals surface area contributed by atoms with E-state index in [1.54, 1.807) is 0 Å². The van der Waals surface area contributed by atoms with Crippen molar-refractivity contribution in [3.05, 3.63) is 0 Å². The first-order valence-corrected chi connectivity index (χ1v) is 9.20. The molecule has 1 rings (SSSR count). The number of hydrogen-bond donors (Lipinski definition) is 0. The molecular formula is C18H36O4. The molecule has 0 amide bonds. The molecule has 0 spiro atoms. The molecule has 0 bridgehead atoms. The molecule has 132 valence electrons. The van der Waals surface area contributed by atoms with E-state index in [0.29, 0.717) is 6.61 Å². The van der Waals surface area contributed by atoms with E-state index in [-0.39, 0.29) is 24.4 Å². The van der Waals surface area contributed by atoms with Gasteiger partial charge in [-0.2, -0.15) is 0 Å². The van der Waals surface area contributed by atoms with Crippen LogP contribution in [0, 0.1) is 0 Å². The predicted octanol–water partition coefficient (Wildman–Crippen LogP) is 3.96. The Morgan fingerprint density at radius 2 is 1.27 bits per heavy atom. The summed E-state index contributed by atoms with van der Waals surface area (Å²) in [6, 6.07) is 0. The fourth-order valence-corrected chi connectivity index (χ4v) is 2.60. The van der Waals surface area contributed by atoms with Gasteiger partial charge in [-0.1, -0.05) is 40.0 Å². The quantitative estimate of drug-likeness (QED) is 0.511. The smallest absolute Gasteiger partial charge is 0.115 e. The Kier molecular flexibility index (Phi) is 11.1. The van der Waals surface area contributed by atoms with Crippen molar-refractivity contribution < 1.29 is 18.9 Å². The molecule has 1 aliphatic rings.